The Bertz CT molecular complexity index is 815. The first-order valence-electron chi connectivity index (χ1n) is 7.67. The summed E-state index contributed by atoms with van der Waals surface area (Å²) in [7, 11) is 0. The van der Waals surface area contributed by atoms with E-state index in [2.05, 4.69) is 59.6 Å². The smallest absolute Gasteiger partial charge is 0.133 e. The van der Waals surface area contributed by atoms with E-state index >= 15 is 0 Å². The molecule has 3 nitrogen and oxygen atoms in total. The number of benzene rings is 1. The van der Waals surface area contributed by atoms with Crippen LogP contribution >= 0.6 is 11.3 Å². The molecule has 4 heteroatoms. The summed E-state index contributed by atoms with van der Waals surface area (Å²) in [6.45, 7) is 5.34. The molecule has 0 aliphatic carbocycles. The van der Waals surface area contributed by atoms with Crippen molar-refractivity contribution < 1.29 is 0 Å². The van der Waals surface area contributed by atoms with E-state index in [9.17, 15) is 0 Å². The van der Waals surface area contributed by atoms with Crippen LogP contribution in [0.4, 0.5) is 5.82 Å². The van der Waals surface area contributed by atoms with Gasteiger partial charge >= 0.3 is 0 Å². The molecule has 4 rings (SSSR count). The predicted octanol–water partition coefficient (Wildman–Crippen LogP) is 4.11. The van der Waals surface area contributed by atoms with Crippen LogP contribution in [0, 0.1) is 13.8 Å². The van der Waals surface area contributed by atoms with E-state index in [1.165, 1.54) is 38.8 Å². The highest BCUT2D eigenvalue weighted by atomic mass is 32.1. The van der Waals surface area contributed by atoms with Crippen LogP contribution in [0.5, 0.6) is 0 Å². The van der Waals surface area contributed by atoms with Crippen molar-refractivity contribution in [2.75, 3.05) is 11.9 Å². The van der Waals surface area contributed by atoms with E-state index in [1.807, 2.05) is 0 Å². The molecule has 3 aromatic rings. The Morgan fingerprint density at radius 1 is 1.23 bits per heavy atom. The fourth-order valence-corrected chi connectivity index (χ4v) is 3.81. The standard InChI is InChI=1S/C18H19N3S/c1-12-5-3-7-17(13(12)2)21-18-15(8-9-19-18)16(20-21)11-14-6-4-10-22-14/h3-7,10,19H,8-9,11H2,1-2H3. The summed E-state index contributed by atoms with van der Waals surface area (Å²) in [5.74, 6) is 1.18. The van der Waals surface area contributed by atoms with Gasteiger partial charge in [-0.2, -0.15) is 5.10 Å². The zero-order valence-electron chi connectivity index (χ0n) is 12.9. The molecule has 0 fully saturated rings. The molecule has 0 radical (unpaired) electrons. The predicted molar refractivity (Wildman–Crippen MR) is 92.4 cm³/mol. The van der Waals surface area contributed by atoms with E-state index in [4.69, 9.17) is 5.10 Å². The molecule has 0 spiro atoms. The van der Waals surface area contributed by atoms with Gasteiger partial charge in [-0.25, -0.2) is 4.68 Å². The molecule has 0 saturated heterocycles. The van der Waals surface area contributed by atoms with Crippen LogP contribution in [-0.4, -0.2) is 16.3 Å². The summed E-state index contributed by atoms with van der Waals surface area (Å²) < 4.78 is 2.10. The van der Waals surface area contributed by atoms with Gasteiger partial charge in [0.15, 0.2) is 0 Å². The molecular weight excluding hydrogens is 290 g/mol. The van der Waals surface area contributed by atoms with Crippen molar-refractivity contribution in [2.45, 2.75) is 26.7 Å². The van der Waals surface area contributed by atoms with Crippen molar-refractivity contribution in [3.8, 4) is 5.69 Å². The van der Waals surface area contributed by atoms with Crippen LogP contribution in [-0.2, 0) is 12.8 Å². The van der Waals surface area contributed by atoms with Crippen LogP contribution in [0.15, 0.2) is 35.7 Å². The summed E-state index contributed by atoms with van der Waals surface area (Å²) in [6, 6.07) is 10.7. The highest BCUT2D eigenvalue weighted by Crippen LogP contribution is 2.32. The van der Waals surface area contributed by atoms with E-state index < -0.39 is 0 Å². The highest BCUT2D eigenvalue weighted by Gasteiger charge is 2.23. The molecular formula is C18H19N3S. The quantitative estimate of drug-likeness (QED) is 0.789. The summed E-state index contributed by atoms with van der Waals surface area (Å²) in [6.07, 6.45) is 2.00. The Morgan fingerprint density at radius 2 is 2.14 bits per heavy atom. The first-order valence-corrected chi connectivity index (χ1v) is 8.55. The minimum absolute atomic E-state index is 0.930. The van der Waals surface area contributed by atoms with E-state index in [0.29, 0.717) is 0 Å². The molecule has 0 amide bonds. The molecule has 0 bridgehead atoms. The second-order valence-corrected chi connectivity index (χ2v) is 6.87. The maximum absolute atomic E-state index is 4.94. The van der Waals surface area contributed by atoms with Gasteiger partial charge in [-0.1, -0.05) is 18.2 Å². The number of hydrogen-bond acceptors (Lipinski definition) is 3. The molecule has 1 aliphatic heterocycles. The van der Waals surface area contributed by atoms with E-state index in [0.717, 1.165) is 19.4 Å². The van der Waals surface area contributed by atoms with Crippen molar-refractivity contribution in [3.05, 3.63) is 63.0 Å². The minimum atomic E-state index is 0.930. The van der Waals surface area contributed by atoms with Crippen molar-refractivity contribution in [2.24, 2.45) is 0 Å². The molecule has 1 N–H and O–H groups in total. The number of fused-ring (bicyclic) bond motifs is 1. The summed E-state index contributed by atoms with van der Waals surface area (Å²) >= 11 is 1.80. The number of aryl methyl sites for hydroxylation is 1. The van der Waals surface area contributed by atoms with Gasteiger partial charge in [0.2, 0.25) is 0 Å². The molecule has 1 aliphatic rings. The molecule has 2 aromatic heterocycles. The topological polar surface area (TPSA) is 29.9 Å². The fraction of sp³-hybridized carbons (Fsp3) is 0.278. The largest absolute Gasteiger partial charge is 0.369 e. The molecule has 0 unspecified atom stereocenters. The monoisotopic (exact) mass is 309 g/mol. The Hall–Kier alpha value is -2.07. The number of hydrogen-bond donors (Lipinski definition) is 1. The number of aromatic nitrogens is 2. The molecule has 22 heavy (non-hydrogen) atoms. The zero-order valence-corrected chi connectivity index (χ0v) is 13.7. The number of thiophene rings is 1. The van der Waals surface area contributed by atoms with E-state index in [1.54, 1.807) is 11.3 Å². The van der Waals surface area contributed by atoms with Crippen molar-refractivity contribution >= 4 is 17.2 Å². The molecule has 3 heterocycles. The van der Waals surface area contributed by atoms with Gasteiger partial charge in [0.25, 0.3) is 0 Å². The van der Waals surface area contributed by atoms with Gasteiger partial charge in [-0.05, 0) is 48.9 Å². The lowest BCUT2D eigenvalue weighted by atomic mass is 10.1. The maximum atomic E-state index is 4.94. The molecule has 1 aromatic carbocycles. The van der Waals surface area contributed by atoms with Gasteiger partial charge in [-0.15, -0.1) is 11.3 Å². The third kappa shape index (κ3) is 2.15. The summed E-state index contributed by atoms with van der Waals surface area (Å²) in [5, 5.41) is 10.6. The minimum Gasteiger partial charge on any atom is -0.369 e. The first kappa shape index (κ1) is 13.6. The van der Waals surface area contributed by atoms with Crippen LogP contribution in [0.25, 0.3) is 5.69 Å². The number of rotatable bonds is 3. The van der Waals surface area contributed by atoms with E-state index in [-0.39, 0.29) is 0 Å². The Kier molecular flexibility index (Phi) is 3.26. The Morgan fingerprint density at radius 3 is 2.95 bits per heavy atom. The second-order valence-electron chi connectivity index (χ2n) is 5.84. The third-order valence-electron chi connectivity index (χ3n) is 4.46. The lowest BCUT2D eigenvalue weighted by Crippen LogP contribution is -2.07. The van der Waals surface area contributed by atoms with Crippen molar-refractivity contribution in [1.82, 2.24) is 9.78 Å². The van der Waals surface area contributed by atoms with Gasteiger partial charge in [0.1, 0.15) is 5.82 Å². The van der Waals surface area contributed by atoms with Gasteiger partial charge in [0, 0.05) is 23.4 Å². The highest BCUT2D eigenvalue weighted by molar-refractivity contribution is 7.09. The molecule has 0 saturated carbocycles. The Labute approximate surface area is 134 Å². The first-order chi connectivity index (χ1) is 10.7. The average molecular weight is 309 g/mol. The summed E-state index contributed by atoms with van der Waals surface area (Å²) in [4.78, 5) is 1.38. The molecule has 0 atom stereocenters. The lowest BCUT2D eigenvalue weighted by Gasteiger charge is -2.11. The molecule has 112 valence electrons. The van der Waals surface area contributed by atoms with Crippen molar-refractivity contribution in [1.29, 1.82) is 0 Å². The van der Waals surface area contributed by atoms with Crippen molar-refractivity contribution in [3.63, 3.8) is 0 Å². The normalized spacial score (nSPS) is 13.2. The van der Waals surface area contributed by atoms with Crippen LogP contribution in [0.2, 0.25) is 0 Å². The van der Waals surface area contributed by atoms with Crippen LogP contribution < -0.4 is 5.32 Å². The third-order valence-corrected chi connectivity index (χ3v) is 5.34. The van der Waals surface area contributed by atoms with Crippen LogP contribution in [0.3, 0.4) is 0 Å². The number of nitrogens with zero attached hydrogens (tertiary/aromatic N) is 2. The van der Waals surface area contributed by atoms with Gasteiger partial charge in [0.05, 0.1) is 11.4 Å². The SMILES string of the molecule is Cc1cccc(-n2nc(Cc3cccs3)c3c2NCC3)c1C. The van der Waals surface area contributed by atoms with Gasteiger partial charge < -0.3 is 5.32 Å². The maximum Gasteiger partial charge on any atom is 0.133 e. The zero-order chi connectivity index (χ0) is 15.1. The average Bonchev–Trinajstić information content (AvgIpc) is 3.22. The summed E-state index contributed by atoms with van der Waals surface area (Å²) in [5.41, 5.74) is 6.38. The number of nitrogens with one attached hydrogen (secondary N) is 1. The fourth-order valence-electron chi connectivity index (χ4n) is 3.11. The second kappa shape index (κ2) is 5.29. The Balaban J connectivity index is 1.82. The van der Waals surface area contributed by atoms with Gasteiger partial charge in [-0.3, -0.25) is 0 Å². The number of anilines is 1. The van der Waals surface area contributed by atoms with Crippen LogP contribution in [0.1, 0.15) is 27.3 Å². The lowest BCUT2D eigenvalue weighted by molar-refractivity contribution is 0.835.